The molecule has 5 rings (SSSR count). The number of amides is 1. The third-order valence-corrected chi connectivity index (χ3v) is 5.87. The predicted octanol–water partition coefficient (Wildman–Crippen LogP) is 4.45. The van der Waals surface area contributed by atoms with Crippen molar-refractivity contribution in [1.82, 2.24) is 15.0 Å². The predicted molar refractivity (Wildman–Crippen MR) is 138 cm³/mol. The smallest absolute Gasteiger partial charge is 0.366 e. The van der Waals surface area contributed by atoms with Gasteiger partial charge in [0.2, 0.25) is 0 Å². The Morgan fingerprint density at radius 3 is 2.32 bits per heavy atom. The molecule has 0 spiro atoms. The summed E-state index contributed by atoms with van der Waals surface area (Å²) in [5.41, 5.74) is 3.46. The average Bonchev–Trinajstić information content (AvgIpc) is 3.43. The van der Waals surface area contributed by atoms with Crippen molar-refractivity contribution in [3.8, 4) is 11.5 Å². The summed E-state index contributed by atoms with van der Waals surface area (Å²) in [6.45, 7) is 5.65. The van der Waals surface area contributed by atoms with Crippen LogP contribution in [0.15, 0.2) is 84.0 Å². The number of anilines is 1. The van der Waals surface area contributed by atoms with E-state index < -0.39 is 12.0 Å². The van der Waals surface area contributed by atoms with Gasteiger partial charge in [-0.25, -0.2) is 4.79 Å². The Morgan fingerprint density at radius 1 is 0.919 bits per heavy atom. The molecule has 0 aliphatic carbocycles. The number of para-hydroxylation sites is 2. The van der Waals surface area contributed by atoms with Crippen molar-refractivity contribution < 1.29 is 19.1 Å². The van der Waals surface area contributed by atoms with E-state index in [1.54, 1.807) is 43.3 Å². The standard InChI is InChI=1S/C28H25N5O4/c1-18-14-15-24(19(2)16-18)36-17-23-26(27(34)32(30-23)21-10-6-4-7-11-21)33-29-20(3)25(31-33)28(35)37-22-12-8-5-9-13-22/h4-16,26H,17H2,1-3H3. The van der Waals surface area contributed by atoms with Crippen molar-refractivity contribution in [3.63, 3.8) is 0 Å². The number of aryl methyl sites for hydroxylation is 3. The number of hydrazone groups is 1. The van der Waals surface area contributed by atoms with Crippen molar-refractivity contribution >= 4 is 23.3 Å². The Morgan fingerprint density at radius 2 is 1.62 bits per heavy atom. The number of ether oxygens (including phenoxy) is 2. The fraction of sp³-hybridized carbons (Fsp3) is 0.179. The molecule has 0 saturated carbocycles. The van der Waals surface area contributed by atoms with E-state index in [0.717, 1.165) is 11.1 Å². The Balaban J connectivity index is 1.45. The average molecular weight is 496 g/mol. The van der Waals surface area contributed by atoms with Gasteiger partial charge in [0.15, 0.2) is 11.7 Å². The van der Waals surface area contributed by atoms with Gasteiger partial charge in [0.25, 0.3) is 5.91 Å². The molecule has 9 nitrogen and oxygen atoms in total. The molecular weight excluding hydrogens is 470 g/mol. The molecule has 0 radical (unpaired) electrons. The van der Waals surface area contributed by atoms with Crippen molar-refractivity contribution in [3.05, 3.63) is 101 Å². The molecule has 37 heavy (non-hydrogen) atoms. The lowest BCUT2D eigenvalue weighted by atomic mass is 10.1. The topological polar surface area (TPSA) is 98.9 Å². The molecular formula is C28H25N5O4. The first-order chi connectivity index (χ1) is 17.9. The third kappa shape index (κ3) is 4.97. The zero-order chi connectivity index (χ0) is 25.9. The highest BCUT2D eigenvalue weighted by molar-refractivity contribution is 6.17. The minimum atomic E-state index is -0.983. The number of carbonyl (C=O) groups is 2. The molecule has 2 heterocycles. The van der Waals surface area contributed by atoms with Crippen LogP contribution in [0, 0.1) is 20.8 Å². The van der Waals surface area contributed by atoms with Gasteiger partial charge in [-0.3, -0.25) is 4.79 Å². The molecule has 1 aliphatic heterocycles. The normalized spacial score (nSPS) is 15.0. The first-order valence-corrected chi connectivity index (χ1v) is 11.8. The summed E-state index contributed by atoms with van der Waals surface area (Å²) in [6, 6.07) is 22.7. The minimum absolute atomic E-state index is 0.0180. The number of hydrogen-bond donors (Lipinski definition) is 0. The summed E-state index contributed by atoms with van der Waals surface area (Å²) in [5.74, 6) is 0.0564. The number of benzene rings is 3. The number of esters is 1. The molecule has 4 aromatic rings. The second-order valence-electron chi connectivity index (χ2n) is 8.69. The summed E-state index contributed by atoms with van der Waals surface area (Å²) in [7, 11) is 0. The Hall–Kier alpha value is -4.79. The zero-order valence-electron chi connectivity index (χ0n) is 20.7. The van der Waals surface area contributed by atoms with Crippen molar-refractivity contribution in [1.29, 1.82) is 0 Å². The van der Waals surface area contributed by atoms with Crippen LogP contribution in [-0.2, 0) is 4.79 Å². The Bertz CT molecular complexity index is 1480. The SMILES string of the molecule is Cc1ccc(OCC2=NN(c3ccccc3)C(=O)C2n2nc(C)c(C(=O)Oc3ccccc3)n2)c(C)c1. The zero-order valence-corrected chi connectivity index (χ0v) is 20.7. The fourth-order valence-corrected chi connectivity index (χ4v) is 4.04. The molecule has 1 aromatic heterocycles. The van der Waals surface area contributed by atoms with Gasteiger partial charge in [0.1, 0.15) is 23.8 Å². The quantitative estimate of drug-likeness (QED) is 0.278. The van der Waals surface area contributed by atoms with Crippen LogP contribution in [0.5, 0.6) is 11.5 Å². The van der Waals surface area contributed by atoms with E-state index in [0.29, 0.717) is 28.6 Å². The third-order valence-electron chi connectivity index (χ3n) is 5.87. The maximum atomic E-state index is 13.6. The largest absolute Gasteiger partial charge is 0.487 e. The highest BCUT2D eigenvalue weighted by atomic mass is 16.5. The second kappa shape index (κ2) is 10.1. The van der Waals surface area contributed by atoms with Crippen molar-refractivity contribution in [2.45, 2.75) is 26.8 Å². The summed E-state index contributed by atoms with van der Waals surface area (Å²) < 4.78 is 11.5. The first-order valence-electron chi connectivity index (χ1n) is 11.8. The molecule has 0 fully saturated rings. The van der Waals surface area contributed by atoms with E-state index in [-0.39, 0.29) is 18.2 Å². The van der Waals surface area contributed by atoms with Gasteiger partial charge in [-0.2, -0.15) is 20.0 Å². The van der Waals surface area contributed by atoms with E-state index >= 15 is 0 Å². The molecule has 9 heteroatoms. The van der Waals surface area contributed by atoms with E-state index in [1.165, 1.54) is 9.81 Å². The van der Waals surface area contributed by atoms with Crippen LogP contribution < -0.4 is 14.5 Å². The molecule has 186 valence electrons. The van der Waals surface area contributed by atoms with Gasteiger partial charge in [-0.15, -0.1) is 5.10 Å². The van der Waals surface area contributed by atoms with Crippen molar-refractivity contribution in [2.75, 3.05) is 11.6 Å². The van der Waals surface area contributed by atoms with Crippen LogP contribution in [0.25, 0.3) is 0 Å². The Kier molecular flexibility index (Phi) is 6.51. The van der Waals surface area contributed by atoms with Crippen LogP contribution in [-0.4, -0.2) is 39.2 Å². The lowest BCUT2D eigenvalue weighted by Crippen LogP contribution is -2.33. The first kappa shape index (κ1) is 23.9. The fourth-order valence-electron chi connectivity index (χ4n) is 4.04. The molecule has 1 amide bonds. The highest BCUT2D eigenvalue weighted by Gasteiger charge is 2.41. The van der Waals surface area contributed by atoms with Gasteiger partial charge < -0.3 is 9.47 Å². The molecule has 3 aromatic carbocycles. The molecule has 0 bridgehead atoms. The Labute approximate surface area is 213 Å². The van der Waals surface area contributed by atoms with Crippen molar-refractivity contribution in [2.24, 2.45) is 5.10 Å². The lowest BCUT2D eigenvalue weighted by molar-refractivity contribution is -0.119. The summed E-state index contributed by atoms with van der Waals surface area (Å²) in [5, 5.41) is 14.6. The van der Waals surface area contributed by atoms with Crippen LogP contribution in [0.3, 0.4) is 0 Å². The van der Waals surface area contributed by atoms with Gasteiger partial charge >= 0.3 is 5.97 Å². The summed E-state index contributed by atoms with van der Waals surface area (Å²) >= 11 is 0. The van der Waals surface area contributed by atoms with Crippen LogP contribution in [0.1, 0.15) is 33.4 Å². The number of aromatic nitrogens is 3. The van der Waals surface area contributed by atoms with Crippen LogP contribution >= 0.6 is 0 Å². The van der Waals surface area contributed by atoms with Crippen LogP contribution in [0.2, 0.25) is 0 Å². The number of hydrogen-bond acceptors (Lipinski definition) is 7. The van der Waals surface area contributed by atoms with E-state index in [2.05, 4.69) is 15.3 Å². The van der Waals surface area contributed by atoms with Gasteiger partial charge in [0.05, 0.1) is 11.4 Å². The number of rotatable bonds is 7. The minimum Gasteiger partial charge on any atom is -0.487 e. The second-order valence-corrected chi connectivity index (χ2v) is 8.69. The molecule has 1 unspecified atom stereocenters. The monoisotopic (exact) mass is 495 g/mol. The van der Waals surface area contributed by atoms with Gasteiger partial charge in [0, 0.05) is 0 Å². The van der Waals surface area contributed by atoms with Gasteiger partial charge in [-0.1, -0.05) is 54.1 Å². The van der Waals surface area contributed by atoms with E-state index in [9.17, 15) is 9.59 Å². The molecule has 0 N–H and O–H groups in total. The molecule has 0 saturated heterocycles. The number of carbonyl (C=O) groups excluding carboxylic acids is 2. The summed E-state index contributed by atoms with van der Waals surface area (Å²) in [6.07, 6.45) is 0. The molecule has 1 atom stereocenters. The van der Waals surface area contributed by atoms with E-state index in [1.807, 2.05) is 56.3 Å². The molecule has 1 aliphatic rings. The van der Waals surface area contributed by atoms with E-state index in [4.69, 9.17) is 9.47 Å². The highest BCUT2D eigenvalue weighted by Crippen LogP contribution is 2.28. The summed E-state index contributed by atoms with van der Waals surface area (Å²) in [4.78, 5) is 27.6. The number of nitrogens with zero attached hydrogens (tertiary/aromatic N) is 5. The maximum absolute atomic E-state index is 13.6. The van der Waals surface area contributed by atoms with Gasteiger partial charge in [-0.05, 0) is 56.7 Å². The van der Waals surface area contributed by atoms with Crippen LogP contribution in [0.4, 0.5) is 5.69 Å². The maximum Gasteiger partial charge on any atom is 0.366 e. The lowest BCUT2D eigenvalue weighted by Gasteiger charge is -2.14.